The molecule has 0 aliphatic carbocycles. The number of rotatable bonds is 5. The van der Waals surface area contributed by atoms with Crippen LogP contribution in [0.1, 0.15) is 28.9 Å². The Labute approximate surface area is 142 Å². The number of nitrogens with one attached hydrogen (secondary N) is 1. The molecule has 1 saturated heterocycles. The summed E-state index contributed by atoms with van der Waals surface area (Å²) in [5.74, 6) is 0.829. The van der Waals surface area contributed by atoms with E-state index in [0.29, 0.717) is 18.2 Å². The summed E-state index contributed by atoms with van der Waals surface area (Å²) < 4.78 is 5.71. The summed E-state index contributed by atoms with van der Waals surface area (Å²) in [6.45, 7) is 2.02. The number of nitrogens with zero attached hydrogens (tertiary/aromatic N) is 2. The number of ether oxygens (including phenoxy) is 1. The normalized spacial score (nSPS) is 17.5. The Morgan fingerprint density at radius 2 is 2.12 bits per heavy atom. The van der Waals surface area contributed by atoms with Crippen LogP contribution in [-0.2, 0) is 6.61 Å². The van der Waals surface area contributed by atoms with Gasteiger partial charge in [-0.05, 0) is 56.3 Å². The summed E-state index contributed by atoms with van der Waals surface area (Å²) >= 11 is 0. The predicted molar refractivity (Wildman–Crippen MR) is 93.0 cm³/mol. The summed E-state index contributed by atoms with van der Waals surface area (Å²) in [6, 6.07) is 13.5. The van der Waals surface area contributed by atoms with Crippen molar-refractivity contribution in [1.29, 1.82) is 0 Å². The van der Waals surface area contributed by atoms with Crippen LogP contribution in [0.2, 0.25) is 0 Å². The molecule has 0 unspecified atom stereocenters. The third-order valence-electron chi connectivity index (χ3n) is 4.33. The van der Waals surface area contributed by atoms with Crippen molar-refractivity contribution in [3.63, 3.8) is 0 Å². The van der Waals surface area contributed by atoms with Crippen LogP contribution in [-0.4, -0.2) is 42.0 Å². The first-order chi connectivity index (χ1) is 11.8. The van der Waals surface area contributed by atoms with Gasteiger partial charge >= 0.3 is 0 Å². The Kier molecular flexibility index (Phi) is 5.43. The molecule has 3 rings (SSSR count). The fraction of sp³-hybridized carbons (Fsp3) is 0.368. The lowest BCUT2D eigenvalue weighted by molar-refractivity contribution is 0.0698. The van der Waals surface area contributed by atoms with Gasteiger partial charge in [-0.25, -0.2) is 0 Å². The maximum absolute atomic E-state index is 12.6. The minimum atomic E-state index is 0.0891. The van der Waals surface area contributed by atoms with Gasteiger partial charge in [0.25, 0.3) is 5.91 Å². The van der Waals surface area contributed by atoms with E-state index in [0.717, 1.165) is 37.4 Å². The number of likely N-dealkylation sites (tertiary alicyclic amines) is 1. The Hall–Kier alpha value is -2.40. The Balaban J connectivity index is 1.58. The number of aromatic nitrogens is 1. The van der Waals surface area contributed by atoms with Crippen molar-refractivity contribution in [2.75, 3.05) is 20.1 Å². The molecular weight excluding hydrogens is 302 g/mol. The van der Waals surface area contributed by atoms with Gasteiger partial charge in [0.1, 0.15) is 12.4 Å². The smallest absolute Gasteiger partial charge is 0.253 e. The second-order valence-electron chi connectivity index (χ2n) is 6.01. The number of amides is 1. The highest BCUT2D eigenvalue weighted by molar-refractivity contribution is 5.94. The van der Waals surface area contributed by atoms with Crippen molar-refractivity contribution >= 4 is 5.91 Å². The predicted octanol–water partition coefficient (Wildman–Crippen LogP) is 2.48. The molecule has 1 aromatic heterocycles. The molecule has 1 atom stereocenters. The molecule has 2 aromatic rings. The molecule has 0 radical (unpaired) electrons. The van der Waals surface area contributed by atoms with Crippen molar-refractivity contribution < 1.29 is 9.53 Å². The average Bonchev–Trinajstić information content (AvgIpc) is 2.67. The molecule has 5 heteroatoms. The summed E-state index contributed by atoms with van der Waals surface area (Å²) in [7, 11) is 1.95. The van der Waals surface area contributed by atoms with E-state index in [1.54, 1.807) is 6.20 Å². The summed E-state index contributed by atoms with van der Waals surface area (Å²) in [5.41, 5.74) is 1.58. The number of piperidine rings is 1. The summed E-state index contributed by atoms with van der Waals surface area (Å²) in [6.07, 6.45) is 3.92. The molecule has 2 heterocycles. The van der Waals surface area contributed by atoms with E-state index in [1.165, 1.54) is 0 Å². The fourth-order valence-electron chi connectivity index (χ4n) is 2.91. The molecule has 1 aliphatic rings. The van der Waals surface area contributed by atoms with Crippen LogP contribution >= 0.6 is 0 Å². The first-order valence-electron chi connectivity index (χ1n) is 8.35. The molecule has 1 N–H and O–H groups in total. The first kappa shape index (κ1) is 16.5. The van der Waals surface area contributed by atoms with Crippen LogP contribution < -0.4 is 10.1 Å². The second-order valence-corrected chi connectivity index (χ2v) is 6.01. The van der Waals surface area contributed by atoms with Crippen LogP contribution in [0.15, 0.2) is 48.7 Å². The lowest BCUT2D eigenvalue weighted by atomic mass is 10.0. The van der Waals surface area contributed by atoms with Gasteiger partial charge < -0.3 is 15.0 Å². The maximum Gasteiger partial charge on any atom is 0.253 e. The van der Waals surface area contributed by atoms with Gasteiger partial charge in [-0.15, -0.1) is 0 Å². The molecule has 0 spiro atoms. The standard InChI is InChI=1S/C19H23N3O2/c1-20-16-6-4-12-22(13-16)19(23)15-7-9-18(10-8-15)24-14-17-5-2-3-11-21-17/h2-3,5,7-11,16,20H,4,6,12-14H2,1H3/t16-/m1/s1. The quantitative estimate of drug-likeness (QED) is 0.918. The van der Waals surface area contributed by atoms with Gasteiger partial charge in [0.15, 0.2) is 0 Å². The number of carbonyl (C=O) groups is 1. The van der Waals surface area contributed by atoms with Gasteiger partial charge in [0, 0.05) is 30.9 Å². The minimum absolute atomic E-state index is 0.0891. The molecule has 0 bridgehead atoms. The minimum Gasteiger partial charge on any atom is -0.487 e. The van der Waals surface area contributed by atoms with Gasteiger partial charge in [-0.2, -0.15) is 0 Å². The zero-order valence-electron chi connectivity index (χ0n) is 13.9. The third-order valence-corrected chi connectivity index (χ3v) is 4.33. The van der Waals surface area contributed by atoms with E-state index < -0.39 is 0 Å². The molecule has 1 aromatic carbocycles. The van der Waals surface area contributed by atoms with Crippen LogP contribution in [0.5, 0.6) is 5.75 Å². The number of benzene rings is 1. The molecular formula is C19H23N3O2. The van der Waals surface area contributed by atoms with E-state index in [4.69, 9.17) is 4.74 Å². The molecule has 24 heavy (non-hydrogen) atoms. The number of likely N-dealkylation sites (N-methyl/N-ethyl adjacent to an activating group) is 1. The van der Waals surface area contributed by atoms with Gasteiger partial charge in [0.05, 0.1) is 5.69 Å². The number of pyridine rings is 1. The van der Waals surface area contributed by atoms with Gasteiger partial charge in [0.2, 0.25) is 0 Å². The van der Waals surface area contributed by atoms with E-state index in [-0.39, 0.29) is 5.91 Å². The Bertz CT molecular complexity index is 658. The molecule has 1 aliphatic heterocycles. The van der Waals surface area contributed by atoms with Crippen LogP contribution in [0.3, 0.4) is 0 Å². The van der Waals surface area contributed by atoms with E-state index >= 15 is 0 Å². The topological polar surface area (TPSA) is 54.5 Å². The zero-order chi connectivity index (χ0) is 16.8. The van der Waals surface area contributed by atoms with Crippen molar-refractivity contribution in [1.82, 2.24) is 15.2 Å². The van der Waals surface area contributed by atoms with Crippen molar-refractivity contribution in [2.24, 2.45) is 0 Å². The van der Waals surface area contributed by atoms with Crippen molar-refractivity contribution in [3.8, 4) is 5.75 Å². The largest absolute Gasteiger partial charge is 0.487 e. The molecule has 5 nitrogen and oxygen atoms in total. The van der Waals surface area contributed by atoms with E-state index in [9.17, 15) is 4.79 Å². The van der Waals surface area contributed by atoms with E-state index in [1.807, 2.05) is 54.4 Å². The lowest BCUT2D eigenvalue weighted by Gasteiger charge is -2.32. The number of hydrogen-bond donors (Lipinski definition) is 1. The second kappa shape index (κ2) is 7.93. The SMILES string of the molecule is CN[C@@H]1CCCN(C(=O)c2ccc(OCc3ccccn3)cc2)C1. The average molecular weight is 325 g/mol. The molecule has 126 valence electrons. The molecule has 1 amide bonds. The third kappa shape index (κ3) is 4.11. The summed E-state index contributed by atoms with van der Waals surface area (Å²) in [5, 5.41) is 3.26. The number of hydrogen-bond acceptors (Lipinski definition) is 4. The van der Waals surface area contributed by atoms with Gasteiger partial charge in [-0.1, -0.05) is 6.07 Å². The van der Waals surface area contributed by atoms with Crippen molar-refractivity contribution in [3.05, 3.63) is 59.9 Å². The highest BCUT2D eigenvalue weighted by Crippen LogP contribution is 2.17. The Morgan fingerprint density at radius 1 is 1.29 bits per heavy atom. The number of carbonyl (C=O) groups excluding carboxylic acids is 1. The highest BCUT2D eigenvalue weighted by atomic mass is 16.5. The monoisotopic (exact) mass is 325 g/mol. The van der Waals surface area contributed by atoms with Crippen LogP contribution in [0.25, 0.3) is 0 Å². The van der Waals surface area contributed by atoms with Crippen LogP contribution in [0.4, 0.5) is 0 Å². The lowest BCUT2D eigenvalue weighted by Crippen LogP contribution is -2.46. The molecule has 1 fully saturated rings. The van der Waals surface area contributed by atoms with E-state index in [2.05, 4.69) is 10.3 Å². The van der Waals surface area contributed by atoms with Crippen LogP contribution in [0, 0.1) is 0 Å². The maximum atomic E-state index is 12.6. The first-order valence-corrected chi connectivity index (χ1v) is 8.35. The zero-order valence-corrected chi connectivity index (χ0v) is 13.9. The molecule has 0 saturated carbocycles. The fourth-order valence-corrected chi connectivity index (χ4v) is 2.91. The van der Waals surface area contributed by atoms with Crippen molar-refractivity contribution in [2.45, 2.75) is 25.5 Å². The Morgan fingerprint density at radius 3 is 2.83 bits per heavy atom. The highest BCUT2D eigenvalue weighted by Gasteiger charge is 2.23. The summed E-state index contributed by atoms with van der Waals surface area (Å²) in [4.78, 5) is 18.7. The van der Waals surface area contributed by atoms with Gasteiger partial charge in [-0.3, -0.25) is 9.78 Å².